The van der Waals surface area contributed by atoms with Crippen LogP contribution in [0, 0.1) is 20.8 Å². The van der Waals surface area contributed by atoms with Crippen molar-refractivity contribution < 1.29 is 22.6 Å². The molecule has 4 aliphatic rings. The van der Waals surface area contributed by atoms with Crippen LogP contribution < -0.4 is 5.19 Å². The maximum absolute atomic E-state index is 9.56. The average Bonchev–Trinajstić information content (AvgIpc) is 1.44. The van der Waals surface area contributed by atoms with E-state index >= 15 is 0 Å². The third-order valence-corrected chi connectivity index (χ3v) is 30.3. The molecular formula is C104H112O5Si4. The van der Waals surface area contributed by atoms with E-state index in [4.69, 9.17) is 12.3 Å². The Hall–Kier alpha value is -11.1. The number of allylic oxidation sites excluding steroid dienone is 4. The van der Waals surface area contributed by atoms with Gasteiger partial charge in [0.2, 0.25) is 0 Å². The van der Waals surface area contributed by atoms with Crippen LogP contribution in [0.25, 0.3) is 97.8 Å². The van der Waals surface area contributed by atoms with E-state index in [-0.39, 0.29) is 0 Å². The van der Waals surface area contributed by atoms with Crippen molar-refractivity contribution >= 4 is 137 Å². The summed E-state index contributed by atoms with van der Waals surface area (Å²) in [6.45, 7) is 45.0. The third kappa shape index (κ3) is 26.0. The Bertz CT molecular complexity index is 5510. The molecule has 0 radical (unpaired) electrons. The second-order valence-corrected chi connectivity index (χ2v) is 48.0. The first-order valence-corrected chi connectivity index (χ1v) is 50.9. The lowest BCUT2D eigenvalue weighted by molar-refractivity contribution is 0.273. The number of hydrogen-bond acceptors (Lipinski definition) is 5. The molecule has 2 N–H and O–H groups in total. The Labute approximate surface area is 678 Å². The number of benzene rings is 13. The molecule has 0 spiro atoms. The van der Waals surface area contributed by atoms with Gasteiger partial charge in [0, 0.05) is 10.6 Å². The van der Waals surface area contributed by atoms with Crippen LogP contribution in [-0.2, 0) is 38.0 Å². The molecule has 0 atom stereocenters. The van der Waals surface area contributed by atoms with Crippen LogP contribution in [0.3, 0.4) is 0 Å². The molecule has 9 heteroatoms. The van der Waals surface area contributed by atoms with Gasteiger partial charge in [0.25, 0.3) is 0 Å². The van der Waals surface area contributed by atoms with E-state index in [0.29, 0.717) is 11.5 Å². The van der Waals surface area contributed by atoms with Crippen molar-refractivity contribution in [3.05, 3.63) is 407 Å². The van der Waals surface area contributed by atoms with Crippen LogP contribution in [0.1, 0.15) is 89.0 Å². The van der Waals surface area contributed by atoms with Crippen LogP contribution in [0.2, 0.25) is 58.9 Å². The Morgan fingerprint density at radius 2 is 0.743 bits per heavy atom. The van der Waals surface area contributed by atoms with E-state index in [2.05, 4.69) is 349 Å². The summed E-state index contributed by atoms with van der Waals surface area (Å²) in [5, 5.41) is 29.0. The van der Waals surface area contributed by atoms with Crippen molar-refractivity contribution in [1.29, 1.82) is 0 Å². The molecule has 17 rings (SSSR count). The third-order valence-electron chi connectivity index (χ3n) is 18.7. The van der Waals surface area contributed by atoms with E-state index in [1.54, 1.807) is 24.3 Å². The minimum atomic E-state index is -2.96. The number of hydrogen-bond donors (Lipinski definition) is 2. The molecule has 0 amide bonds. The van der Waals surface area contributed by atoms with Gasteiger partial charge < -0.3 is 22.6 Å². The Morgan fingerprint density at radius 1 is 0.310 bits per heavy atom. The zero-order valence-electron chi connectivity index (χ0n) is 68.3. The zero-order chi connectivity index (χ0) is 81.1. The van der Waals surface area contributed by atoms with Crippen molar-refractivity contribution in [1.82, 2.24) is 0 Å². The predicted molar refractivity (Wildman–Crippen MR) is 506 cm³/mol. The van der Waals surface area contributed by atoms with Crippen molar-refractivity contribution in [2.75, 3.05) is 0 Å². The summed E-state index contributed by atoms with van der Waals surface area (Å²) in [7, 11) is -8.55. The standard InChI is InChI=1S/C17H34O3Si4.2C12H10O.2C12H10.3C10H10.C9H8/c1-11-16-12-14-17(15-13-16)24(18-21(2,3)4,19-22(5,6)7)20-23(8,9)10;1-2-9-5-3-7-11-10(9)6-4-8-12(11)13;1-2-9-3-4-11-8-12(13)6-5-10(11)7-9;1-2-10-7-5-8-11-6-3-4-9-12(10)11;1-2-10-7-8-11-5-3-4-6-12(11)9-10;1-8-4-2-5-9-6-3-7-10(8)9;2*1-8-5-6-9-3-2-4-10(9)7-8;1-2-5-9-7-3-6-8(9)4-1/h11-15H,1H2,2-10H3;2*2-8,13H,1H2;2*2-9H,1H2;2-5,7H,6H2,1H3;2,4-7H,3H2,1H3;2-3,5-7H,4H2,1H3;1-6H,7H2. The molecule has 0 bridgehead atoms. The summed E-state index contributed by atoms with van der Waals surface area (Å²) >= 11 is 0. The highest BCUT2D eigenvalue weighted by Crippen LogP contribution is 2.31. The summed E-state index contributed by atoms with van der Waals surface area (Å²) in [6, 6.07) is 88.4. The van der Waals surface area contributed by atoms with Crippen LogP contribution in [0.15, 0.2) is 318 Å². The molecule has 0 heterocycles. The molecule has 13 aromatic rings. The van der Waals surface area contributed by atoms with E-state index in [9.17, 15) is 10.2 Å². The van der Waals surface area contributed by atoms with Gasteiger partial charge in [0.1, 0.15) is 11.5 Å². The van der Waals surface area contributed by atoms with E-state index in [1.165, 1.54) is 93.9 Å². The fraction of sp³-hybridized carbons (Fsp3) is 0.154. The Balaban J connectivity index is 0.000000148. The lowest BCUT2D eigenvalue weighted by Gasteiger charge is -2.42. The number of phenols is 2. The molecule has 0 aromatic heterocycles. The van der Waals surface area contributed by atoms with Gasteiger partial charge in [-0.3, -0.25) is 0 Å². The highest BCUT2D eigenvalue weighted by Gasteiger charge is 2.52. The smallest absolute Gasteiger partial charge is 0.505 e. The highest BCUT2D eigenvalue weighted by atomic mass is 28.5. The summed E-state index contributed by atoms with van der Waals surface area (Å²) in [5.41, 5.74) is 21.2. The van der Waals surface area contributed by atoms with Crippen molar-refractivity contribution in [2.24, 2.45) is 0 Å². The molecule has 574 valence electrons. The Morgan fingerprint density at radius 3 is 1.36 bits per heavy atom. The largest absolute Gasteiger partial charge is 0.508 e. The lowest BCUT2D eigenvalue weighted by Crippen LogP contribution is -2.67. The maximum Gasteiger partial charge on any atom is 0.505 e. The molecule has 13 aromatic carbocycles. The number of aromatic hydroxyl groups is 2. The first kappa shape index (κ1) is 85.9. The first-order chi connectivity index (χ1) is 54.2. The van der Waals surface area contributed by atoms with Crippen molar-refractivity contribution in [2.45, 2.75) is 105 Å². The monoisotopic (exact) mass is 1550 g/mol. The molecule has 0 unspecified atom stereocenters. The van der Waals surface area contributed by atoms with Crippen LogP contribution >= 0.6 is 0 Å². The molecule has 0 saturated heterocycles. The summed E-state index contributed by atoms with van der Waals surface area (Å²) in [4.78, 5) is 0. The highest BCUT2D eigenvalue weighted by molar-refractivity contribution is 6.95. The summed E-state index contributed by atoms with van der Waals surface area (Å²) in [6.07, 6.45) is 31.3. The fourth-order valence-corrected chi connectivity index (χ4v) is 26.6. The number of rotatable bonds is 12. The van der Waals surface area contributed by atoms with E-state index in [0.717, 1.165) is 69.1 Å². The zero-order valence-corrected chi connectivity index (χ0v) is 72.3. The van der Waals surface area contributed by atoms with Crippen LogP contribution in [0.5, 0.6) is 11.5 Å². The lowest BCUT2D eigenvalue weighted by atomic mass is 10.0. The fourth-order valence-electron chi connectivity index (χ4n) is 13.3. The van der Waals surface area contributed by atoms with Gasteiger partial charge >= 0.3 is 8.80 Å². The normalized spacial score (nSPS) is 12.1. The van der Waals surface area contributed by atoms with E-state index < -0.39 is 33.8 Å². The summed E-state index contributed by atoms with van der Waals surface area (Å²) < 4.78 is 20.1. The molecule has 0 aliphatic heterocycles. The minimum absolute atomic E-state index is 0.304. The van der Waals surface area contributed by atoms with Gasteiger partial charge in [-0.05, 0) is 251 Å². The molecule has 0 saturated carbocycles. The van der Waals surface area contributed by atoms with Gasteiger partial charge in [0.05, 0.1) is 0 Å². The molecule has 5 nitrogen and oxygen atoms in total. The molecular weight excluding hydrogens is 1440 g/mol. The molecule has 113 heavy (non-hydrogen) atoms. The van der Waals surface area contributed by atoms with Gasteiger partial charge in [-0.1, -0.05) is 354 Å². The van der Waals surface area contributed by atoms with Gasteiger partial charge in [-0.15, -0.1) is 0 Å². The minimum Gasteiger partial charge on any atom is -0.508 e. The molecule has 0 fully saturated rings. The Kier molecular flexibility index (Phi) is 31.1. The summed E-state index contributed by atoms with van der Waals surface area (Å²) in [5.74, 6) is 0.625. The van der Waals surface area contributed by atoms with Gasteiger partial charge in [-0.25, -0.2) is 0 Å². The van der Waals surface area contributed by atoms with Crippen molar-refractivity contribution in [3.8, 4) is 11.5 Å². The number of aryl methyl sites for hydroxylation is 3. The predicted octanol–water partition coefficient (Wildman–Crippen LogP) is 28.3. The van der Waals surface area contributed by atoms with Crippen LogP contribution in [-0.4, -0.2) is 44.0 Å². The quantitative estimate of drug-likeness (QED) is 0.119. The topological polar surface area (TPSA) is 68.2 Å². The maximum atomic E-state index is 9.56. The number of fused-ring (bicyclic) bond motifs is 8. The van der Waals surface area contributed by atoms with Gasteiger partial charge in [0.15, 0.2) is 25.0 Å². The van der Waals surface area contributed by atoms with Gasteiger partial charge in [-0.2, -0.15) is 0 Å². The van der Waals surface area contributed by atoms with E-state index in [1.807, 2.05) is 78.9 Å². The first-order valence-electron chi connectivity index (χ1n) is 38.9. The second kappa shape index (κ2) is 40.9. The average molecular weight is 1550 g/mol. The second-order valence-electron chi connectivity index (χ2n) is 31.2. The SMILES string of the molecule is C1=Cc2ccccc2C1.C=Cc1ccc([Si](O[Si](C)(C)C)(O[Si](C)(C)C)O[Si](C)(C)C)cc1.C=Cc1ccc2cc(O)ccc2c1.C=Cc1ccc2ccccc2c1.C=Cc1cccc2c(O)cccc12.C=Cc1cccc2ccccc12.Cc1ccc2c(c1)C=CC2.Cc1ccc2c(c1)CC=C2.Cc1cccc2c1C=CC2. The number of phenolic OH excluding ortho intramolecular Hbond substituents is 2. The van der Waals surface area contributed by atoms with Crippen molar-refractivity contribution in [3.63, 3.8) is 0 Å². The van der Waals surface area contributed by atoms with Crippen LogP contribution in [0.4, 0.5) is 0 Å². The molecule has 4 aliphatic carbocycles.